The molecule has 2 unspecified atom stereocenters. The number of ether oxygens (including phenoxy) is 1. The molecule has 0 radical (unpaired) electrons. The molecule has 7 heteroatoms. The lowest BCUT2D eigenvalue weighted by atomic mass is 9.98. The normalized spacial score (nSPS) is 16.3. The smallest absolute Gasteiger partial charge is 0.193 e. The third kappa shape index (κ3) is 3.85. The van der Waals surface area contributed by atoms with Gasteiger partial charge in [0.2, 0.25) is 0 Å². The van der Waals surface area contributed by atoms with Gasteiger partial charge in [-0.15, -0.1) is 10.2 Å². The molecular formula is C28H22N4O3. The van der Waals surface area contributed by atoms with Crippen molar-refractivity contribution in [3.05, 3.63) is 96.1 Å². The molecule has 4 aromatic carbocycles. The van der Waals surface area contributed by atoms with Crippen molar-refractivity contribution >= 4 is 22.7 Å². The topological polar surface area (TPSA) is 99.1 Å². The third-order valence-corrected chi connectivity index (χ3v) is 6.37. The minimum absolute atomic E-state index is 0.515. The van der Waals surface area contributed by atoms with Gasteiger partial charge in [0.25, 0.3) is 0 Å². The second-order valence-electron chi connectivity index (χ2n) is 9.03. The highest BCUT2D eigenvalue weighted by Gasteiger charge is 2.36. The molecule has 0 aliphatic carbocycles. The van der Waals surface area contributed by atoms with E-state index in [-0.39, 0.29) is 0 Å². The van der Waals surface area contributed by atoms with Gasteiger partial charge in [0.05, 0.1) is 22.7 Å². The maximum Gasteiger partial charge on any atom is 0.193 e. The van der Waals surface area contributed by atoms with E-state index in [4.69, 9.17) is 4.74 Å². The van der Waals surface area contributed by atoms with Crippen molar-refractivity contribution in [3.63, 3.8) is 0 Å². The van der Waals surface area contributed by atoms with Crippen LogP contribution >= 0.6 is 0 Å². The highest BCUT2D eigenvalue weighted by atomic mass is 16.7. The molecule has 4 aromatic rings. The second-order valence-corrected chi connectivity index (χ2v) is 9.03. The number of rotatable bonds is 6. The summed E-state index contributed by atoms with van der Waals surface area (Å²) in [6.07, 6.45) is 0. The summed E-state index contributed by atoms with van der Waals surface area (Å²) >= 11 is 0. The predicted octanol–water partition coefficient (Wildman–Crippen LogP) is 7.53. The first-order valence-electron chi connectivity index (χ1n) is 11.3. The van der Waals surface area contributed by atoms with E-state index < -0.39 is 11.6 Å². The maximum absolute atomic E-state index is 11.1. The molecule has 0 fully saturated rings. The molecule has 2 atom stereocenters. The lowest BCUT2D eigenvalue weighted by Crippen LogP contribution is -2.37. The van der Waals surface area contributed by atoms with Gasteiger partial charge in [-0.3, -0.25) is 0 Å². The summed E-state index contributed by atoms with van der Waals surface area (Å²) in [5.41, 5.74) is 8.17. The number of aliphatic hydroxyl groups is 2. The number of hydrogen-bond donors (Lipinski definition) is 2. The van der Waals surface area contributed by atoms with Crippen molar-refractivity contribution < 1.29 is 14.9 Å². The van der Waals surface area contributed by atoms with Crippen molar-refractivity contribution in [1.82, 2.24) is 0 Å². The van der Waals surface area contributed by atoms with E-state index in [9.17, 15) is 10.2 Å². The van der Waals surface area contributed by atoms with E-state index >= 15 is 0 Å². The van der Waals surface area contributed by atoms with Gasteiger partial charge in [0.1, 0.15) is 0 Å². The van der Waals surface area contributed by atoms with Crippen LogP contribution in [0.3, 0.4) is 0 Å². The third-order valence-electron chi connectivity index (χ3n) is 6.37. The largest absolute Gasteiger partial charge is 0.362 e. The van der Waals surface area contributed by atoms with Gasteiger partial charge < -0.3 is 14.9 Å². The van der Waals surface area contributed by atoms with Gasteiger partial charge in [-0.05, 0) is 61.4 Å². The number of hydrogen-bond acceptors (Lipinski definition) is 7. The monoisotopic (exact) mass is 462 g/mol. The molecule has 4 bridgehead atoms. The van der Waals surface area contributed by atoms with Crippen LogP contribution < -0.4 is 0 Å². The minimum atomic E-state index is -1.73. The Balaban J connectivity index is 1.21. The Morgan fingerprint density at radius 1 is 0.543 bits per heavy atom. The molecule has 2 heterocycles. The Hall–Kier alpha value is -4.04. The lowest BCUT2D eigenvalue weighted by Gasteiger charge is -2.34. The number of azo groups is 2. The molecule has 6 rings (SSSR count). The Morgan fingerprint density at radius 2 is 0.943 bits per heavy atom. The van der Waals surface area contributed by atoms with E-state index in [2.05, 4.69) is 20.5 Å². The van der Waals surface area contributed by atoms with Crippen molar-refractivity contribution in [1.29, 1.82) is 0 Å². The summed E-state index contributed by atoms with van der Waals surface area (Å²) in [4.78, 5) is 0. The van der Waals surface area contributed by atoms with Crippen LogP contribution in [-0.4, -0.2) is 10.2 Å². The quantitative estimate of drug-likeness (QED) is 0.250. The minimum Gasteiger partial charge on any atom is -0.362 e. The fraction of sp³-hybridized carbons (Fsp3) is 0.143. The summed E-state index contributed by atoms with van der Waals surface area (Å²) < 4.78 is 5.84. The average Bonchev–Trinajstić information content (AvgIpc) is 3.41. The van der Waals surface area contributed by atoms with Crippen LogP contribution in [0.4, 0.5) is 22.7 Å². The van der Waals surface area contributed by atoms with Crippen LogP contribution in [0, 0.1) is 0 Å². The van der Waals surface area contributed by atoms with Gasteiger partial charge in [-0.1, -0.05) is 48.5 Å². The molecule has 35 heavy (non-hydrogen) atoms. The number of nitrogens with zero attached hydrogens (tertiary/aromatic N) is 4. The summed E-state index contributed by atoms with van der Waals surface area (Å²) in [6, 6.07) is 26.3. The molecule has 0 saturated carbocycles. The molecular weight excluding hydrogens is 440 g/mol. The van der Waals surface area contributed by atoms with Crippen LogP contribution in [0.15, 0.2) is 105 Å². The molecule has 2 N–H and O–H groups in total. The van der Waals surface area contributed by atoms with Crippen LogP contribution in [0.25, 0.3) is 22.3 Å². The zero-order valence-corrected chi connectivity index (χ0v) is 19.2. The number of benzene rings is 4. The van der Waals surface area contributed by atoms with Crippen LogP contribution in [0.5, 0.6) is 0 Å². The zero-order valence-electron chi connectivity index (χ0n) is 19.2. The van der Waals surface area contributed by atoms with E-state index in [0.29, 0.717) is 11.1 Å². The predicted molar refractivity (Wildman–Crippen MR) is 132 cm³/mol. The van der Waals surface area contributed by atoms with Crippen LogP contribution in [0.2, 0.25) is 0 Å². The van der Waals surface area contributed by atoms with Crippen LogP contribution in [-0.2, 0) is 16.3 Å². The van der Waals surface area contributed by atoms with Crippen molar-refractivity contribution in [3.8, 4) is 22.3 Å². The summed E-state index contributed by atoms with van der Waals surface area (Å²) in [5, 5.41) is 38.8. The molecule has 0 saturated heterocycles. The molecule has 0 amide bonds. The Kier molecular flexibility index (Phi) is 4.76. The maximum atomic E-state index is 11.1. The van der Waals surface area contributed by atoms with Gasteiger partial charge in [-0.25, -0.2) is 0 Å². The first-order chi connectivity index (χ1) is 16.8. The van der Waals surface area contributed by atoms with E-state index in [1.807, 2.05) is 60.7 Å². The summed E-state index contributed by atoms with van der Waals surface area (Å²) in [5.74, 6) is -3.47. The standard InChI is InChI=1S/C28H22N4O3/c1-27(33,19-7-3-17(4-8-19)23-13-11-21-15-25(23)31-29-21)35-28(2,34)20-9-5-18(6-10-20)24-14-12-22-16-26(24)32-30-22/h3-16,33-34H,1-2H3. The first-order valence-corrected chi connectivity index (χ1v) is 11.3. The summed E-state index contributed by atoms with van der Waals surface area (Å²) in [7, 11) is 0. The van der Waals surface area contributed by atoms with Crippen molar-refractivity contribution in [2.24, 2.45) is 20.5 Å². The molecule has 0 spiro atoms. The average molecular weight is 463 g/mol. The molecule has 0 aromatic heterocycles. The SMILES string of the molecule is CC(O)(OC(C)(O)c1ccc(-c2ccc3cc2N=N3)cc1)c1ccc(-c2ccc3cc2N=N3)cc1. The number of fused-ring (bicyclic) bond motifs is 4. The fourth-order valence-electron chi connectivity index (χ4n) is 4.46. The molecule has 2 aliphatic heterocycles. The summed E-state index contributed by atoms with van der Waals surface area (Å²) in [6.45, 7) is 3.03. The Labute approximate surface area is 202 Å². The van der Waals surface area contributed by atoms with Crippen LogP contribution in [0.1, 0.15) is 25.0 Å². The van der Waals surface area contributed by atoms with Crippen molar-refractivity contribution in [2.75, 3.05) is 0 Å². The highest BCUT2D eigenvalue weighted by Crippen LogP contribution is 2.41. The second kappa shape index (κ2) is 7.74. The molecule has 7 nitrogen and oxygen atoms in total. The Bertz CT molecular complexity index is 1390. The lowest BCUT2D eigenvalue weighted by molar-refractivity contribution is -0.334. The van der Waals surface area contributed by atoms with Gasteiger partial charge in [0.15, 0.2) is 11.6 Å². The van der Waals surface area contributed by atoms with Crippen molar-refractivity contribution in [2.45, 2.75) is 25.4 Å². The van der Waals surface area contributed by atoms with Gasteiger partial charge in [0, 0.05) is 22.3 Å². The first kappa shape index (κ1) is 21.5. The van der Waals surface area contributed by atoms with Gasteiger partial charge in [-0.2, -0.15) is 10.2 Å². The van der Waals surface area contributed by atoms with E-state index in [1.165, 1.54) is 13.8 Å². The van der Waals surface area contributed by atoms with E-state index in [0.717, 1.165) is 45.0 Å². The van der Waals surface area contributed by atoms with Gasteiger partial charge >= 0.3 is 0 Å². The molecule has 172 valence electrons. The zero-order chi connectivity index (χ0) is 24.2. The Morgan fingerprint density at radius 3 is 1.34 bits per heavy atom. The highest BCUT2D eigenvalue weighted by molar-refractivity contribution is 5.80. The van der Waals surface area contributed by atoms with E-state index in [1.54, 1.807) is 24.3 Å². The fourth-order valence-corrected chi connectivity index (χ4v) is 4.46. The molecule has 2 aliphatic rings.